The first kappa shape index (κ1) is 21.2. The van der Waals surface area contributed by atoms with Crippen molar-refractivity contribution in [2.45, 2.75) is 31.3 Å². The van der Waals surface area contributed by atoms with Gasteiger partial charge in [-0.05, 0) is 50.2 Å². The summed E-state index contributed by atoms with van der Waals surface area (Å²) in [5.74, 6) is 0.725. The van der Waals surface area contributed by atoms with E-state index in [0.717, 1.165) is 20.8 Å². The number of amides is 1. The van der Waals surface area contributed by atoms with Gasteiger partial charge < -0.3 is 9.73 Å². The van der Waals surface area contributed by atoms with Gasteiger partial charge in [-0.15, -0.1) is 11.3 Å². The van der Waals surface area contributed by atoms with Crippen LogP contribution >= 0.6 is 11.3 Å². The molecule has 4 aromatic rings. The number of carbonyl (C=O) groups excluding carboxylic acids is 1. The number of benzene rings is 2. The van der Waals surface area contributed by atoms with Gasteiger partial charge in [0.1, 0.15) is 5.76 Å². The standard InChI is InChI=1S/C22H21N3O4S2/c1-14-7-10-17(11-8-14)31(27,28)25-15(2)21(26)23-13-16-9-12-19(29-16)22-24-18-5-3-4-6-20(18)30-22/h3-12,15,25H,13H2,1-2H3,(H,23,26)/t15-/m0/s1. The first-order valence-corrected chi connectivity index (χ1v) is 11.9. The van der Waals surface area contributed by atoms with E-state index in [2.05, 4.69) is 15.0 Å². The normalized spacial score (nSPS) is 12.7. The number of aryl methyl sites for hydroxylation is 1. The number of para-hydroxylation sites is 1. The largest absolute Gasteiger partial charge is 0.457 e. The molecule has 0 spiro atoms. The van der Waals surface area contributed by atoms with Crippen LogP contribution in [0.25, 0.3) is 21.0 Å². The maximum atomic E-state index is 12.5. The molecule has 2 aromatic heterocycles. The van der Waals surface area contributed by atoms with Crippen LogP contribution < -0.4 is 10.0 Å². The molecule has 2 aromatic carbocycles. The van der Waals surface area contributed by atoms with Crippen molar-refractivity contribution < 1.29 is 17.6 Å². The van der Waals surface area contributed by atoms with Gasteiger partial charge in [0.15, 0.2) is 10.8 Å². The van der Waals surface area contributed by atoms with Gasteiger partial charge in [-0.3, -0.25) is 4.79 Å². The van der Waals surface area contributed by atoms with Crippen molar-refractivity contribution in [3.8, 4) is 10.8 Å². The highest BCUT2D eigenvalue weighted by Crippen LogP contribution is 2.31. The molecule has 9 heteroatoms. The van der Waals surface area contributed by atoms with Crippen LogP contribution in [-0.2, 0) is 21.4 Å². The fourth-order valence-electron chi connectivity index (χ4n) is 2.96. The Hall–Kier alpha value is -3.01. The molecule has 0 aliphatic carbocycles. The summed E-state index contributed by atoms with van der Waals surface area (Å²) in [5.41, 5.74) is 1.86. The Bertz CT molecular complexity index is 1290. The number of nitrogens with zero attached hydrogens (tertiary/aromatic N) is 1. The van der Waals surface area contributed by atoms with Gasteiger partial charge in [0.25, 0.3) is 0 Å². The molecular weight excluding hydrogens is 434 g/mol. The Morgan fingerprint density at radius 2 is 1.84 bits per heavy atom. The molecule has 160 valence electrons. The Balaban J connectivity index is 1.37. The van der Waals surface area contributed by atoms with Gasteiger partial charge in [0.2, 0.25) is 15.9 Å². The van der Waals surface area contributed by atoms with E-state index < -0.39 is 22.0 Å². The molecule has 1 amide bonds. The summed E-state index contributed by atoms with van der Waals surface area (Å²) >= 11 is 1.53. The maximum absolute atomic E-state index is 12.5. The van der Waals surface area contributed by atoms with E-state index in [1.807, 2.05) is 37.3 Å². The zero-order valence-corrected chi connectivity index (χ0v) is 18.6. The molecule has 0 radical (unpaired) electrons. The third-order valence-corrected chi connectivity index (χ3v) is 7.27. The Kier molecular flexibility index (Phi) is 5.90. The van der Waals surface area contributed by atoms with Gasteiger partial charge in [0.05, 0.1) is 27.7 Å². The van der Waals surface area contributed by atoms with E-state index >= 15 is 0 Å². The molecule has 4 rings (SSSR count). The Morgan fingerprint density at radius 3 is 2.58 bits per heavy atom. The summed E-state index contributed by atoms with van der Waals surface area (Å²) in [4.78, 5) is 17.1. The van der Waals surface area contributed by atoms with Crippen molar-refractivity contribution in [3.05, 3.63) is 72.0 Å². The second-order valence-electron chi connectivity index (χ2n) is 7.13. The summed E-state index contributed by atoms with van der Waals surface area (Å²) < 4.78 is 34.2. The summed E-state index contributed by atoms with van der Waals surface area (Å²) in [6.45, 7) is 3.51. The Labute approximate surface area is 184 Å². The number of sulfonamides is 1. The number of aromatic nitrogens is 1. The second-order valence-corrected chi connectivity index (χ2v) is 9.87. The van der Waals surface area contributed by atoms with E-state index in [4.69, 9.17) is 4.42 Å². The highest BCUT2D eigenvalue weighted by molar-refractivity contribution is 7.89. The number of furan rings is 1. The lowest BCUT2D eigenvalue weighted by molar-refractivity contribution is -0.122. The lowest BCUT2D eigenvalue weighted by Crippen LogP contribution is -2.44. The molecule has 2 heterocycles. The predicted octanol–water partition coefficient (Wildman–Crippen LogP) is 3.85. The average molecular weight is 456 g/mol. The van der Waals surface area contributed by atoms with E-state index in [9.17, 15) is 13.2 Å². The van der Waals surface area contributed by atoms with Crippen molar-refractivity contribution in [1.82, 2.24) is 15.0 Å². The van der Waals surface area contributed by atoms with E-state index in [1.54, 1.807) is 18.2 Å². The molecular formula is C22H21N3O4S2. The molecule has 0 fully saturated rings. The summed E-state index contributed by atoms with van der Waals surface area (Å²) in [5, 5.41) is 3.46. The highest BCUT2D eigenvalue weighted by Gasteiger charge is 2.22. The summed E-state index contributed by atoms with van der Waals surface area (Å²) in [6, 6.07) is 16.9. The average Bonchev–Trinajstić information content (AvgIpc) is 3.38. The summed E-state index contributed by atoms with van der Waals surface area (Å²) in [6.07, 6.45) is 0. The van der Waals surface area contributed by atoms with Crippen LogP contribution in [0.1, 0.15) is 18.2 Å². The third-order valence-electron chi connectivity index (χ3n) is 4.66. The van der Waals surface area contributed by atoms with Crippen LogP contribution in [0, 0.1) is 6.92 Å². The molecule has 0 aliphatic rings. The fourth-order valence-corrected chi connectivity index (χ4v) is 5.09. The van der Waals surface area contributed by atoms with Crippen molar-refractivity contribution >= 4 is 37.5 Å². The lowest BCUT2D eigenvalue weighted by atomic mass is 10.2. The molecule has 2 N–H and O–H groups in total. The highest BCUT2D eigenvalue weighted by atomic mass is 32.2. The molecule has 0 saturated heterocycles. The van der Waals surface area contributed by atoms with Gasteiger partial charge >= 0.3 is 0 Å². The molecule has 31 heavy (non-hydrogen) atoms. The van der Waals surface area contributed by atoms with E-state index in [1.165, 1.54) is 30.4 Å². The van der Waals surface area contributed by atoms with Gasteiger partial charge in [-0.25, -0.2) is 13.4 Å². The second kappa shape index (κ2) is 8.62. The van der Waals surface area contributed by atoms with Crippen molar-refractivity contribution in [1.29, 1.82) is 0 Å². The van der Waals surface area contributed by atoms with E-state index in [-0.39, 0.29) is 11.4 Å². The third kappa shape index (κ3) is 4.84. The van der Waals surface area contributed by atoms with Gasteiger partial charge in [-0.1, -0.05) is 29.8 Å². The van der Waals surface area contributed by atoms with Crippen LogP contribution in [0.4, 0.5) is 0 Å². The molecule has 0 unspecified atom stereocenters. The number of rotatable bonds is 7. The van der Waals surface area contributed by atoms with Gasteiger partial charge in [0, 0.05) is 0 Å². The van der Waals surface area contributed by atoms with Crippen LogP contribution in [0.3, 0.4) is 0 Å². The quantitative estimate of drug-likeness (QED) is 0.441. The van der Waals surface area contributed by atoms with Crippen LogP contribution in [-0.4, -0.2) is 25.4 Å². The smallest absolute Gasteiger partial charge is 0.241 e. The van der Waals surface area contributed by atoms with Crippen LogP contribution in [0.5, 0.6) is 0 Å². The minimum atomic E-state index is -3.79. The van der Waals surface area contributed by atoms with Crippen molar-refractivity contribution in [3.63, 3.8) is 0 Å². The van der Waals surface area contributed by atoms with Crippen LogP contribution in [0.2, 0.25) is 0 Å². The molecule has 0 aliphatic heterocycles. The zero-order valence-electron chi connectivity index (χ0n) is 17.0. The number of fused-ring (bicyclic) bond motifs is 1. The molecule has 1 atom stereocenters. The number of thiazole rings is 1. The van der Waals surface area contributed by atoms with E-state index in [0.29, 0.717) is 11.5 Å². The van der Waals surface area contributed by atoms with Crippen molar-refractivity contribution in [2.75, 3.05) is 0 Å². The fraction of sp³-hybridized carbons (Fsp3) is 0.182. The van der Waals surface area contributed by atoms with Crippen LogP contribution in [0.15, 0.2) is 70.0 Å². The number of hydrogen-bond acceptors (Lipinski definition) is 6. The minimum absolute atomic E-state index is 0.115. The van der Waals surface area contributed by atoms with Gasteiger partial charge in [-0.2, -0.15) is 4.72 Å². The number of carbonyl (C=O) groups is 1. The zero-order chi connectivity index (χ0) is 22.0. The monoisotopic (exact) mass is 455 g/mol. The molecule has 0 saturated carbocycles. The molecule has 0 bridgehead atoms. The first-order chi connectivity index (χ1) is 14.8. The molecule has 7 nitrogen and oxygen atoms in total. The Morgan fingerprint density at radius 1 is 1.10 bits per heavy atom. The maximum Gasteiger partial charge on any atom is 0.241 e. The van der Waals surface area contributed by atoms with Crippen molar-refractivity contribution in [2.24, 2.45) is 0 Å². The lowest BCUT2D eigenvalue weighted by Gasteiger charge is -2.14. The number of nitrogens with one attached hydrogen (secondary N) is 2. The number of hydrogen-bond donors (Lipinski definition) is 2. The first-order valence-electron chi connectivity index (χ1n) is 9.63. The topological polar surface area (TPSA) is 101 Å². The predicted molar refractivity (Wildman–Crippen MR) is 120 cm³/mol. The summed E-state index contributed by atoms with van der Waals surface area (Å²) in [7, 11) is -3.79. The minimum Gasteiger partial charge on any atom is -0.457 e. The SMILES string of the molecule is Cc1ccc(S(=O)(=O)N[C@@H](C)C(=O)NCc2ccc(-c3nc4ccccc4s3)o2)cc1.